The van der Waals surface area contributed by atoms with Crippen molar-refractivity contribution in [2.24, 2.45) is 11.3 Å². The molecule has 0 bridgehead atoms. The predicted molar refractivity (Wildman–Crippen MR) is 72.7 cm³/mol. The van der Waals surface area contributed by atoms with Gasteiger partial charge in [0.1, 0.15) is 5.82 Å². The molecule has 8 heteroatoms. The van der Waals surface area contributed by atoms with E-state index in [1.54, 1.807) is 0 Å². The van der Waals surface area contributed by atoms with E-state index >= 15 is 0 Å². The SMILES string of the molecule is CC(C)(CCO)CNc1nc(NN)ccc1[N+](=O)[O-]. The molecule has 1 aromatic heterocycles. The lowest BCUT2D eigenvalue weighted by atomic mass is 9.90. The smallest absolute Gasteiger partial charge is 0.311 e. The van der Waals surface area contributed by atoms with Gasteiger partial charge in [0.2, 0.25) is 5.82 Å². The first kappa shape index (κ1) is 15.1. The van der Waals surface area contributed by atoms with Gasteiger partial charge >= 0.3 is 5.69 Å². The van der Waals surface area contributed by atoms with E-state index in [9.17, 15) is 10.1 Å². The van der Waals surface area contributed by atoms with Gasteiger partial charge < -0.3 is 15.8 Å². The van der Waals surface area contributed by atoms with Gasteiger partial charge in [-0.2, -0.15) is 0 Å². The van der Waals surface area contributed by atoms with Crippen LogP contribution in [0.25, 0.3) is 0 Å². The van der Waals surface area contributed by atoms with Crippen LogP contribution in [-0.2, 0) is 0 Å². The van der Waals surface area contributed by atoms with Gasteiger partial charge in [-0.3, -0.25) is 10.1 Å². The Kier molecular flexibility index (Phi) is 5.02. The van der Waals surface area contributed by atoms with E-state index in [1.165, 1.54) is 12.1 Å². The second-order valence-electron chi connectivity index (χ2n) is 4.96. The highest BCUT2D eigenvalue weighted by molar-refractivity contribution is 5.60. The molecular formula is C11H19N5O3. The molecule has 0 radical (unpaired) electrons. The summed E-state index contributed by atoms with van der Waals surface area (Å²) in [4.78, 5) is 14.4. The molecule has 0 spiro atoms. The number of hydrogen-bond donors (Lipinski definition) is 4. The van der Waals surface area contributed by atoms with E-state index in [2.05, 4.69) is 15.7 Å². The van der Waals surface area contributed by atoms with E-state index in [4.69, 9.17) is 10.9 Å². The summed E-state index contributed by atoms with van der Waals surface area (Å²) in [5.74, 6) is 5.73. The molecule has 19 heavy (non-hydrogen) atoms. The highest BCUT2D eigenvalue weighted by Crippen LogP contribution is 2.26. The Morgan fingerprint density at radius 1 is 1.53 bits per heavy atom. The van der Waals surface area contributed by atoms with Crippen LogP contribution in [0.5, 0.6) is 0 Å². The highest BCUT2D eigenvalue weighted by atomic mass is 16.6. The van der Waals surface area contributed by atoms with Gasteiger partial charge in [-0.15, -0.1) is 0 Å². The fraction of sp³-hybridized carbons (Fsp3) is 0.545. The van der Waals surface area contributed by atoms with Crippen molar-refractivity contribution in [3.63, 3.8) is 0 Å². The third-order valence-corrected chi connectivity index (χ3v) is 2.74. The van der Waals surface area contributed by atoms with E-state index in [0.29, 0.717) is 18.8 Å². The Hall–Kier alpha value is -1.93. The maximum atomic E-state index is 10.9. The molecule has 0 saturated heterocycles. The van der Waals surface area contributed by atoms with Crippen LogP contribution in [0.3, 0.4) is 0 Å². The van der Waals surface area contributed by atoms with Gasteiger partial charge in [0.05, 0.1) is 4.92 Å². The van der Waals surface area contributed by atoms with Crippen LogP contribution in [0.1, 0.15) is 20.3 Å². The normalized spacial score (nSPS) is 11.2. The average Bonchev–Trinajstić information content (AvgIpc) is 2.35. The van der Waals surface area contributed by atoms with Gasteiger partial charge in [-0.1, -0.05) is 13.8 Å². The van der Waals surface area contributed by atoms with E-state index < -0.39 is 4.92 Å². The predicted octanol–water partition coefficient (Wildman–Crippen LogP) is 1.10. The summed E-state index contributed by atoms with van der Waals surface area (Å²) >= 11 is 0. The number of nitro groups is 1. The van der Waals surface area contributed by atoms with Crippen LogP contribution in [0, 0.1) is 15.5 Å². The number of aliphatic hydroxyl groups excluding tert-OH is 1. The number of nitrogens with two attached hydrogens (primary N) is 1. The van der Waals surface area contributed by atoms with Crippen LogP contribution in [0.15, 0.2) is 12.1 Å². The quantitative estimate of drug-likeness (QED) is 0.331. The number of rotatable bonds is 7. The molecular weight excluding hydrogens is 250 g/mol. The number of pyridine rings is 1. The van der Waals surface area contributed by atoms with Crippen molar-refractivity contribution in [1.29, 1.82) is 0 Å². The summed E-state index contributed by atoms with van der Waals surface area (Å²) in [6.07, 6.45) is 0.586. The first-order chi connectivity index (χ1) is 8.89. The fourth-order valence-corrected chi connectivity index (χ4v) is 1.52. The molecule has 0 fully saturated rings. The molecule has 8 nitrogen and oxygen atoms in total. The molecule has 0 unspecified atom stereocenters. The van der Waals surface area contributed by atoms with Crippen LogP contribution < -0.4 is 16.6 Å². The summed E-state index contributed by atoms with van der Waals surface area (Å²) in [6, 6.07) is 2.77. The maximum Gasteiger partial charge on any atom is 0.311 e. The third-order valence-electron chi connectivity index (χ3n) is 2.74. The minimum Gasteiger partial charge on any atom is -0.396 e. The maximum absolute atomic E-state index is 10.9. The molecule has 1 rings (SSSR count). The van der Waals surface area contributed by atoms with E-state index in [-0.39, 0.29) is 23.5 Å². The monoisotopic (exact) mass is 269 g/mol. The lowest BCUT2D eigenvalue weighted by Gasteiger charge is -2.24. The van der Waals surface area contributed by atoms with Crippen LogP contribution in [-0.4, -0.2) is 28.2 Å². The summed E-state index contributed by atoms with van der Waals surface area (Å²) in [6.45, 7) is 4.42. The number of aliphatic hydroxyl groups is 1. The zero-order chi connectivity index (χ0) is 14.5. The molecule has 0 aromatic carbocycles. The number of nitrogens with zero attached hydrogens (tertiary/aromatic N) is 2. The van der Waals surface area contributed by atoms with E-state index in [1.807, 2.05) is 13.8 Å². The Balaban J connectivity index is 2.89. The number of anilines is 2. The molecule has 0 aliphatic heterocycles. The molecule has 0 saturated carbocycles. The minimum absolute atomic E-state index is 0.0641. The van der Waals surface area contributed by atoms with Gasteiger partial charge in [0, 0.05) is 19.2 Å². The number of aromatic nitrogens is 1. The van der Waals surface area contributed by atoms with Crippen molar-refractivity contribution in [2.45, 2.75) is 20.3 Å². The van der Waals surface area contributed by atoms with Crippen LogP contribution in [0.2, 0.25) is 0 Å². The summed E-state index contributed by atoms with van der Waals surface area (Å²) < 4.78 is 0. The Bertz CT molecular complexity index is 450. The number of nitrogen functional groups attached to an aromatic ring is 1. The van der Waals surface area contributed by atoms with Crippen molar-refractivity contribution in [1.82, 2.24) is 4.98 Å². The standard InChI is InChI=1S/C11H19N5O3/c1-11(2,5-6-17)7-13-10-8(16(18)19)3-4-9(14-10)15-12/h3-4,17H,5-7,12H2,1-2H3,(H2,13,14,15). The zero-order valence-electron chi connectivity index (χ0n) is 11.0. The first-order valence-electron chi connectivity index (χ1n) is 5.86. The van der Waals surface area contributed by atoms with Crippen molar-refractivity contribution in [2.75, 3.05) is 23.9 Å². The second-order valence-corrected chi connectivity index (χ2v) is 4.96. The highest BCUT2D eigenvalue weighted by Gasteiger charge is 2.21. The summed E-state index contributed by atoms with van der Waals surface area (Å²) in [7, 11) is 0. The van der Waals surface area contributed by atoms with Crippen molar-refractivity contribution < 1.29 is 10.0 Å². The van der Waals surface area contributed by atoms with Gasteiger partial charge in [0.25, 0.3) is 0 Å². The van der Waals surface area contributed by atoms with Crippen molar-refractivity contribution >= 4 is 17.3 Å². The molecule has 1 aromatic rings. The van der Waals surface area contributed by atoms with Crippen LogP contribution >= 0.6 is 0 Å². The van der Waals surface area contributed by atoms with Gasteiger partial charge in [-0.05, 0) is 17.9 Å². The number of nitrogens with one attached hydrogen (secondary N) is 2. The topological polar surface area (TPSA) is 126 Å². The molecule has 0 aliphatic carbocycles. The average molecular weight is 269 g/mol. The molecule has 0 aliphatic rings. The molecule has 5 N–H and O–H groups in total. The third kappa shape index (κ3) is 4.34. The van der Waals surface area contributed by atoms with Crippen molar-refractivity contribution in [3.05, 3.63) is 22.2 Å². The Labute approximate surface area is 111 Å². The summed E-state index contributed by atoms with van der Waals surface area (Å²) in [5.41, 5.74) is 2.03. The number of hydrogen-bond acceptors (Lipinski definition) is 7. The zero-order valence-corrected chi connectivity index (χ0v) is 11.0. The molecule has 0 atom stereocenters. The molecule has 106 valence electrons. The largest absolute Gasteiger partial charge is 0.396 e. The molecule has 0 amide bonds. The van der Waals surface area contributed by atoms with E-state index in [0.717, 1.165) is 0 Å². The fourth-order valence-electron chi connectivity index (χ4n) is 1.52. The Morgan fingerprint density at radius 2 is 2.21 bits per heavy atom. The lowest BCUT2D eigenvalue weighted by Crippen LogP contribution is -2.25. The van der Waals surface area contributed by atoms with Gasteiger partial charge in [0.15, 0.2) is 0 Å². The molecule has 1 heterocycles. The van der Waals surface area contributed by atoms with Crippen molar-refractivity contribution in [3.8, 4) is 0 Å². The van der Waals surface area contributed by atoms with Crippen LogP contribution in [0.4, 0.5) is 17.3 Å². The Morgan fingerprint density at radius 3 is 2.74 bits per heavy atom. The number of hydrazine groups is 1. The second kappa shape index (κ2) is 6.30. The first-order valence-corrected chi connectivity index (χ1v) is 5.86. The lowest BCUT2D eigenvalue weighted by molar-refractivity contribution is -0.384. The summed E-state index contributed by atoms with van der Waals surface area (Å²) in [5, 5.41) is 22.8. The van der Waals surface area contributed by atoms with Gasteiger partial charge in [-0.25, -0.2) is 10.8 Å². The minimum atomic E-state index is -0.505.